The second kappa shape index (κ2) is 15.6. The van der Waals surface area contributed by atoms with Gasteiger partial charge in [-0.05, 0) is 30.4 Å². The lowest BCUT2D eigenvalue weighted by Gasteiger charge is -2.14. The largest absolute Gasteiger partial charge is 0.469 e. The Hall–Kier alpha value is -2.21. The van der Waals surface area contributed by atoms with Crippen molar-refractivity contribution in [2.45, 2.75) is 70.2 Å². The fourth-order valence-electron chi connectivity index (χ4n) is 2.92. The number of unbranched alkanes of at least 4 members (excludes halogenated alkanes) is 2. The summed E-state index contributed by atoms with van der Waals surface area (Å²) in [5, 5.41) is 30.1. The SMILES string of the molecule is CCCCC[C@@H](O)/C=C/C=C/c1ccccc1C=CC(O)C(O)CCCC(=O)OC. The number of allylic oxidation sites excluding steroid dienone is 2. The van der Waals surface area contributed by atoms with Crippen molar-refractivity contribution >= 4 is 18.1 Å². The van der Waals surface area contributed by atoms with Gasteiger partial charge in [0.05, 0.1) is 25.4 Å². The van der Waals surface area contributed by atoms with E-state index in [2.05, 4.69) is 11.7 Å². The molecule has 30 heavy (non-hydrogen) atoms. The second-order valence-electron chi connectivity index (χ2n) is 7.32. The molecule has 0 radical (unpaired) electrons. The van der Waals surface area contributed by atoms with E-state index in [0.29, 0.717) is 12.8 Å². The molecule has 1 aromatic carbocycles. The minimum atomic E-state index is -1.02. The topological polar surface area (TPSA) is 87.0 Å². The van der Waals surface area contributed by atoms with Gasteiger partial charge in [0.25, 0.3) is 0 Å². The molecule has 0 aliphatic heterocycles. The third kappa shape index (κ3) is 11.1. The molecule has 0 saturated heterocycles. The third-order valence-corrected chi connectivity index (χ3v) is 4.80. The van der Waals surface area contributed by atoms with Crippen molar-refractivity contribution in [1.29, 1.82) is 0 Å². The number of esters is 1. The number of rotatable bonds is 14. The highest BCUT2D eigenvalue weighted by atomic mass is 16.5. The Kier molecular flexibility index (Phi) is 13.4. The van der Waals surface area contributed by atoms with Crippen LogP contribution in [0.15, 0.2) is 48.6 Å². The summed E-state index contributed by atoms with van der Waals surface area (Å²) in [4.78, 5) is 11.1. The molecular formula is C25H36O5. The van der Waals surface area contributed by atoms with Crippen molar-refractivity contribution < 1.29 is 24.9 Å². The smallest absolute Gasteiger partial charge is 0.305 e. The zero-order chi connectivity index (χ0) is 22.2. The van der Waals surface area contributed by atoms with E-state index in [1.54, 1.807) is 18.2 Å². The Morgan fingerprint density at radius 2 is 1.67 bits per heavy atom. The Morgan fingerprint density at radius 1 is 0.967 bits per heavy atom. The van der Waals surface area contributed by atoms with Crippen LogP contribution in [0.1, 0.15) is 63.0 Å². The third-order valence-electron chi connectivity index (χ3n) is 4.80. The van der Waals surface area contributed by atoms with Gasteiger partial charge in [0.1, 0.15) is 0 Å². The number of aliphatic hydroxyl groups excluding tert-OH is 3. The Balaban J connectivity index is 2.60. The van der Waals surface area contributed by atoms with Gasteiger partial charge in [0.15, 0.2) is 0 Å². The van der Waals surface area contributed by atoms with Gasteiger partial charge >= 0.3 is 5.97 Å². The molecule has 3 N–H and O–H groups in total. The summed E-state index contributed by atoms with van der Waals surface area (Å²) in [5.41, 5.74) is 1.87. The molecule has 1 rings (SSSR count). The van der Waals surface area contributed by atoms with Gasteiger partial charge in [-0.2, -0.15) is 0 Å². The van der Waals surface area contributed by atoms with Gasteiger partial charge in [-0.1, -0.05) is 86.9 Å². The van der Waals surface area contributed by atoms with Gasteiger partial charge in [-0.25, -0.2) is 0 Å². The summed E-state index contributed by atoms with van der Waals surface area (Å²) in [5.74, 6) is -0.324. The standard InChI is InChI=1S/C25H36O5/c1-3-4-5-14-22(26)15-9-8-12-20-11-6-7-13-21(20)18-19-24(28)23(27)16-10-17-25(29)30-2/h6-9,11-13,15,18-19,22-24,26-28H,3-5,10,14,16-17H2,1-2H3/b12-8+,15-9+,19-18?/t22-,23?,24?/m1/s1. The molecule has 0 saturated carbocycles. The summed E-state index contributed by atoms with van der Waals surface area (Å²) in [6.45, 7) is 2.14. The lowest BCUT2D eigenvalue weighted by Crippen LogP contribution is -2.23. The Labute approximate surface area is 180 Å². The predicted molar refractivity (Wildman–Crippen MR) is 122 cm³/mol. The number of methoxy groups -OCH3 is 1. The van der Waals surface area contributed by atoms with Crippen LogP contribution in [-0.4, -0.2) is 46.7 Å². The van der Waals surface area contributed by atoms with Crippen molar-refractivity contribution in [2.75, 3.05) is 7.11 Å². The average Bonchev–Trinajstić information content (AvgIpc) is 2.75. The molecule has 2 unspecified atom stereocenters. The van der Waals surface area contributed by atoms with Gasteiger partial charge in [-0.15, -0.1) is 0 Å². The van der Waals surface area contributed by atoms with E-state index >= 15 is 0 Å². The highest BCUT2D eigenvalue weighted by molar-refractivity contribution is 5.69. The van der Waals surface area contributed by atoms with Crippen molar-refractivity contribution in [3.8, 4) is 0 Å². The summed E-state index contributed by atoms with van der Waals surface area (Å²) >= 11 is 0. The number of benzene rings is 1. The molecule has 5 heteroatoms. The molecule has 3 atom stereocenters. The first-order valence-corrected chi connectivity index (χ1v) is 10.7. The molecule has 166 valence electrons. The van der Waals surface area contributed by atoms with Crippen LogP contribution < -0.4 is 0 Å². The second-order valence-corrected chi connectivity index (χ2v) is 7.32. The number of hydrogen-bond donors (Lipinski definition) is 3. The number of ether oxygens (including phenoxy) is 1. The summed E-state index contributed by atoms with van der Waals surface area (Å²) < 4.78 is 4.56. The van der Waals surface area contributed by atoms with Crippen LogP contribution in [0.4, 0.5) is 0 Å². The number of aliphatic hydroxyl groups is 3. The molecule has 0 heterocycles. The molecule has 0 amide bonds. The zero-order valence-corrected chi connectivity index (χ0v) is 18.1. The quantitative estimate of drug-likeness (QED) is 0.239. The average molecular weight is 417 g/mol. The first-order valence-electron chi connectivity index (χ1n) is 10.7. The highest BCUT2D eigenvalue weighted by Gasteiger charge is 2.14. The van der Waals surface area contributed by atoms with E-state index in [9.17, 15) is 20.1 Å². The molecule has 5 nitrogen and oxygen atoms in total. The van der Waals surface area contributed by atoms with Crippen LogP contribution in [0.2, 0.25) is 0 Å². The maximum atomic E-state index is 11.1. The summed E-state index contributed by atoms with van der Waals surface area (Å²) in [7, 11) is 1.33. The lowest BCUT2D eigenvalue weighted by atomic mass is 10.0. The van der Waals surface area contributed by atoms with E-state index in [-0.39, 0.29) is 12.4 Å². The van der Waals surface area contributed by atoms with Gasteiger partial charge < -0.3 is 20.1 Å². The van der Waals surface area contributed by atoms with E-state index in [1.807, 2.05) is 42.5 Å². The van der Waals surface area contributed by atoms with Crippen LogP contribution >= 0.6 is 0 Å². The Morgan fingerprint density at radius 3 is 2.33 bits per heavy atom. The maximum absolute atomic E-state index is 11.1. The van der Waals surface area contributed by atoms with Gasteiger partial charge in [-0.3, -0.25) is 4.79 Å². The van der Waals surface area contributed by atoms with E-state index in [4.69, 9.17) is 0 Å². The van der Waals surface area contributed by atoms with Crippen LogP contribution in [0.25, 0.3) is 12.2 Å². The molecule has 0 aliphatic rings. The molecule has 0 aromatic heterocycles. The zero-order valence-electron chi connectivity index (χ0n) is 18.1. The summed E-state index contributed by atoms with van der Waals surface area (Å²) in [6.07, 6.45) is 13.5. The first kappa shape index (κ1) is 25.8. The van der Waals surface area contributed by atoms with Crippen LogP contribution in [0.5, 0.6) is 0 Å². The molecule has 0 fully saturated rings. The van der Waals surface area contributed by atoms with Crippen LogP contribution in [-0.2, 0) is 9.53 Å². The molecular weight excluding hydrogens is 380 g/mol. The minimum Gasteiger partial charge on any atom is -0.469 e. The monoisotopic (exact) mass is 416 g/mol. The van der Waals surface area contributed by atoms with Crippen LogP contribution in [0, 0.1) is 0 Å². The molecule has 0 spiro atoms. The summed E-state index contributed by atoms with van der Waals surface area (Å²) in [6, 6.07) is 7.72. The molecule has 1 aromatic rings. The number of carbonyl (C=O) groups excluding carboxylic acids is 1. The van der Waals surface area contributed by atoms with Crippen molar-refractivity contribution in [3.63, 3.8) is 0 Å². The Bertz CT molecular complexity index is 693. The predicted octanol–water partition coefficient (Wildman–Crippen LogP) is 4.28. The fourth-order valence-corrected chi connectivity index (χ4v) is 2.92. The van der Waals surface area contributed by atoms with E-state index in [0.717, 1.165) is 36.8 Å². The number of carbonyl (C=O) groups is 1. The van der Waals surface area contributed by atoms with E-state index in [1.165, 1.54) is 7.11 Å². The lowest BCUT2D eigenvalue weighted by molar-refractivity contribution is -0.140. The first-order chi connectivity index (χ1) is 14.5. The van der Waals surface area contributed by atoms with Crippen molar-refractivity contribution in [2.24, 2.45) is 0 Å². The van der Waals surface area contributed by atoms with Crippen LogP contribution in [0.3, 0.4) is 0 Å². The normalized spacial score (nSPS) is 15.1. The fraction of sp³-hybridized carbons (Fsp3) is 0.480. The van der Waals surface area contributed by atoms with Gasteiger partial charge in [0.2, 0.25) is 0 Å². The van der Waals surface area contributed by atoms with Crippen molar-refractivity contribution in [3.05, 3.63) is 59.7 Å². The number of hydrogen-bond acceptors (Lipinski definition) is 5. The van der Waals surface area contributed by atoms with E-state index < -0.39 is 18.3 Å². The van der Waals surface area contributed by atoms with Crippen molar-refractivity contribution in [1.82, 2.24) is 0 Å². The minimum absolute atomic E-state index is 0.221. The van der Waals surface area contributed by atoms with Gasteiger partial charge in [0, 0.05) is 6.42 Å². The maximum Gasteiger partial charge on any atom is 0.305 e. The highest BCUT2D eigenvalue weighted by Crippen LogP contribution is 2.15. The molecule has 0 bridgehead atoms. The molecule has 0 aliphatic carbocycles.